The average Bonchev–Trinajstić information content (AvgIpc) is 2.85. The topological polar surface area (TPSA) is 17.1 Å². The summed E-state index contributed by atoms with van der Waals surface area (Å²) in [4.78, 5) is 12.4. The SMILES string of the molecule is Cc1c(C)c(C)c(-c2cccc(-c3c(C)c(C)c(C)c(C)c3C)c2P2CCC(=O)CC2C)c(C)c1C. The fourth-order valence-electron chi connectivity index (χ4n) is 6.40. The molecule has 3 aromatic carbocycles. The molecule has 0 spiro atoms. The van der Waals surface area contributed by atoms with Crippen LogP contribution in [0.25, 0.3) is 22.3 Å². The lowest BCUT2D eigenvalue weighted by atomic mass is 9.83. The van der Waals surface area contributed by atoms with Crippen LogP contribution in [-0.2, 0) is 4.79 Å². The lowest BCUT2D eigenvalue weighted by Gasteiger charge is -2.34. The van der Waals surface area contributed by atoms with E-state index in [9.17, 15) is 4.79 Å². The Balaban J connectivity index is 2.15. The molecule has 0 aromatic heterocycles. The van der Waals surface area contributed by atoms with Crippen molar-refractivity contribution in [3.05, 3.63) is 73.8 Å². The molecule has 1 fully saturated rings. The summed E-state index contributed by atoms with van der Waals surface area (Å²) in [5.74, 6) is 0.434. The lowest BCUT2D eigenvalue weighted by molar-refractivity contribution is -0.118. The number of hydrogen-bond donors (Lipinski definition) is 0. The highest BCUT2D eigenvalue weighted by Crippen LogP contribution is 2.52. The smallest absolute Gasteiger partial charge is 0.133 e. The van der Waals surface area contributed by atoms with Crippen molar-refractivity contribution in [3.8, 4) is 22.3 Å². The van der Waals surface area contributed by atoms with Gasteiger partial charge in [0, 0.05) is 12.8 Å². The molecular weight excluding hydrogens is 455 g/mol. The Morgan fingerprint density at radius 3 is 1.33 bits per heavy atom. The molecule has 36 heavy (non-hydrogen) atoms. The van der Waals surface area contributed by atoms with Crippen LogP contribution in [0.2, 0.25) is 0 Å². The summed E-state index contributed by atoms with van der Waals surface area (Å²) in [6.45, 7) is 25.2. The van der Waals surface area contributed by atoms with Gasteiger partial charge >= 0.3 is 0 Å². The van der Waals surface area contributed by atoms with Gasteiger partial charge in [-0.2, -0.15) is 0 Å². The predicted octanol–water partition coefficient (Wildman–Crippen LogP) is 8.96. The zero-order chi connectivity index (χ0) is 26.6. The van der Waals surface area contributed by atoms with E-state index in [-0.39, 0.29) is 0 Å². The first-order valence-corrected chi connectivity index (χ1v) is 15.0. The van der Waals surface area contributed by atoms with Gasteiger partial charge in [-0.25, -0.2) is 0 Å². The van der Waals surface area contributed by atoms with Crippen LogP contribution in [0.4, 0.5) is 0 Å². The second kappa shape index (κ2) is 9.90. The molecule has 1 saturated heterocycles. The third-order valence-electron chi connectivity index (χ3n) is 9.55. The van der Waals surface area contributed by atoms with Gasteiger partial charge in [0.25, 0.3) is 0 Å². The van der Waals surface area contributed by atoms with Crippen LogP contribution in [0.3, 0.4) is 0 Å². The predicted molar refractivity (Wildman–Crippen MR) is 160 cm³/mol. The van der Waals surface area contributed by atoms with Gasteiger partial charge in [0.05, 0.1) is 0 Å². The van der Waals surface area contributed by atoms with Crippen molar-refractivity contribution in [2.75, 3.05) is 6.16 Å². The van der Waals surface area contributed by atoms with E-state index in [1.165, 1.54) is 83.2 Å². The van der Waals surface area contributed by atoms with Crippen molar-refractivity contribution >= 4 is 19.0 Å². The molecule has 2 unspecified atom stereocenters. The Labute approximate surface area is 220 Å². The van der Waals surface area contributed by atoms with E-state index in [4.69, 9.17) is 0 Å². The minimum atomic E-state index is -0.468. The molecule has 0 aliphatic carbocycles. The first kappa shape index (κ1) is 26.8. The molecule has 0 radical (unpaired) electrons. The van der Waals surface area contributed by atoms with Crippen LogP contribution in [0.1, 0.15) is 75.4 Å². The van der Waals surface area contributed by atoms with E-state index in [0.717, 1.165) is 12.6 Å². The molecule has 4 rings (SSSR count). The Hall–Kier alpha value is -2.24. The molecular formula is C34H43OP. The minimum absolute atomic E-state index is 0.405. The largest absolute Gasteiger partial charge is 0.300 e. The van der Waals surface area contributed by atoms with Crippen molar-refractivity contribution in [2.24, 2.45) is 0 Å². The Kier molecular flexibility index (Phi) is 7.38. The third kappa shape index (κ3) is 4.18. The van der Waals surface area contributed by atoms with Crippen LogP contribution in [-0.4, -0.2) is 17.6 Å². The van der Waals surface area contributed by atoms with Gasteiger partial charge in [0.2, 0.25) is 0 Å². The zero-order valence-corrected chi connectivity index (χ0v) is 25.2. The Morgan fingerprint density at radius 2 is 0.972 bits per heavy atom. The number of rotatable bonds is 3. The summed E-state index contributed by atoms with van der Waals surface area (Å²) in [6.07, 6.45) is 2.44. The van der Waals surface area contributed by atoms with Crippen LogP contribution in [0.15, 0.2) is 18.2 Å². The zero-order valence-electron chi connectivity index (χ0n) is 24.3. The average molecular weight is 499 g/mol. The minimum Gasteiger partial charge on any atom is -0.300 e. The lowest BCUT2D eigenvalue weighted by Crippen LogP contribution is -2.26. The normalized spacial score (nSPS) is 18.1. The van der Waals surface area contributed by atoms with Gasteiger partial charge < -0.3 is 0 Å². The Morgan fingerprint density at radius 1 is 0.611 bits per heavy atom. The van der Waals surface area contributed by atoms with Crippen LogP contribution >= 0.6 is 7.92 Å². The number of hydrogen-bond acceptors (Lipinski definition) is 1. The van der Waals surface area contributed by atoms with Crippen molar-refractivity contribution in [3.63, 3.8) is 0 Å². The number of ketones is 1. The second-order valence-electron chi connectivity index (χ2n) is 11.2. The van der Waals surface area contributed by atoms with Gasteiger partial charge in [-0.05, 0) is 164 Å². The number of carbonyl (C=O) groups is 1. The molecule has 190 valence electrons. The highest BCUT2D eigenvalue weighted by molar-refractivity contribution is 7.67. The van der Waals surface area contributed by atoms with E-state index < -0.39 is 7.92 Å². The standard InChI is InChI=1S/C34H43OP/c1-18-17-29(35)15-16-36(18)34-30(32-25(8)21(4)19(2)22(5)26(32)9)13-12-14-31(34)33-27(10)23(6)20(3)24(7)28(33)11/h12-14,18H,15-17H2,1-11H3. The number of Topliss-reactive ketones (excluding diaryl/α,β-unsaturated/α-hetero) is 1. The summed E-state index contributed by atoms with van der Waals surface area (Å²) in [5, 5.41) is 1.52. The molecule has 0 N–H and O–H groups in total. The molecule has 2 atom stereocenters. The summed E-state index contributed by atoms with van der Waals surface area (Å²) in [5.41, 5.74) is 20.0. The molecule has 0 saturated carbocycles. The monoisotopic (exact) mass is 498 g/mol. The second-order valence-corrected chi connectivity index (χ2v) is 14.0. The maximum atomic E-state index is 12.4. The van der Waals surface area contributed by atoms with Gasteiger partial charge in [-0.3, -0.25) is 4.79 Å². The molecule has 1 aliphatic heterocycles. The summed E-state index contributed by atoms with van der Waals surface area (Å²) in [6, 6.07) is 7.01. The van der Waals surface area contributed by atoms with Crippen LogP contribution in [0, 0.1) is 69.2 Å². The molecule has 3 aromatic rings. The highest BCUT2D eigenvalue weighted by Gasteiger charge is 2.32. The first-order chi connectivity index (χ1) is 16.9. The molecule has 0 bridgehead atoms. The molecule has 1 nitrogen and oxygen atoms in total. The van der Waals surface area contributed by atoms with Gasteiger partial charge in [-0.1, -0.05) is 33.0 Å². The molecule has 1 heterocycles. The molecule has 1 aliphatic rings. The molecule has 2 heteroatoms. The maximum absolute atomic E-state index is 12.4. The number of benzene rings is 3. The van der Waals surface area contributed by atoms with Crippen molar-refractivity contribution < 1.29 is 4.79 Å². The highest BCUT2D eigenvalue weighted by atomic mass is 31.1. The first-order valence-electron chi connectivity index (χ1n) is 13.4. The van der Waals surface area contributed by atoms with Gasteiger partial charge in [-0.15, -0.1) is 0 Å². The van der Waals surface area contributed by atoms with E-state index >= 15 is 0 Å². The van der Waals surface area contributed by atoms with E-state index in [1.807, 2.05) is 0 Å². The number of carbonyl (C=O) groups excluding carboxylic acids is 1. The fourth-order valence-corrected chi connectivity index (χ4v) is 9.41. The van der Waals surface area contributed by atoms with Crippen molar-refractivity contribution in [1.29, 1.82) is 0 Å². The van der Waals surface area contributed by atoms with Gasteiger partial charge in [0.15, 0.2) is 0 Å². The molecule has 0 amide bonds. The third-order valence-corrected chi connectivity index (χ3v) is 12.6. The summed E-state index contributed by atoms with van der Waals surface area (Å²) >= 11 is 0. The Bertz CT molecular complexity index is 1250. The van der Waals surface area contributed by atoms with E-state index in [0.29, 0.717) is 17.9 Å². The summed E-state index contributed by atoms with van der Waals surface area (Å²) in [7, 11) is -0.468. The van der Waals surface area contributed by atoms with Crippen molar-refractivity contribution in [1.82, 2.24) is 0 Å². The van der Waals surface area contributed by atoms with E-state index in [1.54, 1.807) is 0 Å². The van der Waals surface area contributed by atoms with Crippen LogP contribution < -0.4 is 5.30 Å². The van der Waals surface area contributed by atoms with Gasteiger partial charge in [0.1, 0.15) is 5.78 Å². The van der Waals surface area contributed by atoms with E-state index in [2.05, 4.69) is 94.4 Å². The maximum Gasteiger partial charge on any atom is 0.133 e. The van der Waals surface area contributed by atoms with Crippen LogP contribution in [0.5, 0.6) is 0 Å². The quantitative estimate of drug-likeness (QED) is 0.329. The van der Waals surface area contributed by atoms with Crippen molar-refractivity contribution in [2.45, 2.75) is 94.7 Å². The summed E-state index contributed by atoms with van der Waals surface area (Å²) < 4.78 is 0. The fraction of sp³-hybridized carbons (Fsp3) is 0.441.